The van der Waals surface area contributed by atoms with E-state index in [9.17, 15) is 4.79 Å². The van der Waals surface area contributed by atoms with Crippen LogP contribution >= 0.6 is 11.8 Å². The first-order valence-corrected chi connectivity index (χ1v) is 8.84. The van der Waals surface area contributed by atoms with Crippen molar-refractivity contribution in [2.75, 3.05) is 53.6 Å². The van der Waals surface area contributed by atoms with Crippen molar-refractivity contribution < 1.29 is 14.3 Å². The molecule has 0 saturated carbocycles. The normalized spacial score (nSPS) is 16.8. The lowest BCUT2D eigenvalue weighted by atomic mass is 10.3. The summed E-state index contributed by atoms with van der Waals surface area (Å²) in [6, 6.07) is 7.81. The summed E-state index contributed by atoms with van der Waals surface area (Å²) in [5.41, 5.74) is 0. The highest BCUT2D eigenvalue weighted by atomic mass is 32.2. The highest BCUT2D eigenvalue weighted by molar-refractivity contribution is 8.00. The average molecular weight is 338 g/mol. The van der Waals surface area contributed by atoms with Crippen molar-refractivity contribution in [1.29, 1.82) is 0 Å². The third-order valence-electron chi connectivity index (χ3n) is 3.95. The topological polar surface area (TPSA) is 42.0 Å². The lowest BCUT2D eigenvalue weighted by Gasteiger charge is -2.29. The van der Waals surface area contributed by atoms with Crippen LogP contribution in [0.4, 0.5) is 0 Å². The number of thioether (sulfide) groups is 1. The maximum atomic E-state index is 12.5. The molecule has 1 fully saturated rings. The van der Waals surface area contributed by atoms with Crippen LogP contribution in [0.3, 0.4) is 0 Å². The van der Waals surface area contributed by atoms with Gasteiger partial charge in [-0.05, 0) is 31.2 Å². The zero-order valence-corrected chi connectivity index (χ0v) is 15.0. The molecule has 1 heterocycles. The molecule has 1 atom stereocenters. The van der Waals surface area contributed by atoms with Crippen molar-refractivity contribution in [3.63, 3.8) is 0 Å². The summed E-state index contributed by atoms with van der Waals surface area (Å²) in [4.78, 5) is 17.7. The van der Waals surface area contributed by atoms with Crippen LogP contribution in [0.5, 0.6) is 5.75 Å². The molecule has 1 aromatic rings. The number of hydrogen-bond donors (Lipinski definition) is 0. The number of amides is 1. The molecule has 0 unspecified atom stereocenters. The van der Waals surface area contributed by atoms with Gasteiger partial charge in [0.05, 0.1) is 25.6 Å². The van der Waals surface area contributed by atoms with Gasteiger partial charge < -0.3 is 14.4 Å². The van der Waals surface area contributed by atoms with E-state index < -0.39 is 0 Å². The van der Waals surface area contributed by atoms with Crippen LogP contribution in [-0.4, -0.2) is 74.5 Å². The Hall–Kier alpha value is -1.24. The second-order valence-corrected chi connectivity index (χ2v) is 7.06. The van der Waals surface area contributed by atoms with Gasteiger partial charge in [-0.3, -0.25) is 9.69 Å². The SMILES string of the molecule is COc1ccc(S[C@@H](C)C(=O)N(C)CCN2CCOCC2)cc1. The van der Waals surface area contributed by atoms with Crippen molar-refractivity contribution in [3.8, 4) is 5.75 Å². The first-order valence-electron chi connectivity index (χ1n) is 7.96. The summed E-state index contributed by atoms with van der Waals surface area (Å²) >= 11 is 1.58. The van der Waals surface area contributed by atoms with E-state index in [-0.39, 0.29) is 11.2 Å². The predicted molar refractivity (Wildman–Crippen MR) is 93.2 cm³/mol. The van der Waals surface area contributed by atoms with Crippen LogP contribution in [-0.2, 0) is 9.53 Å². The maximum absolute atomic E-state index is 12.5. The van der Waals surface area contributed by atoms with Crippen LogP contribution in [0.15, 0.2) is 29.2 Å². The molecule has 1 aliphatic rings. The average Bonchev–Trinajstić information content (AvgIpc) is 2.60. The van der Waals surface area contributed by atoms with E-state index in [0.717, 1.165) is 50.0 Å². The molecule has 0 aromatic heterocycles. The van der Waals surface area contributed by atoms with Crippen molar-refractivity contribution in [2.45, 2.75) is 17.1 Å². The highest BCUT2D eigenvalue weighted by Gasteiger charge is 2.19. The zero-order valence-electron chi connectivity index (χ0n) is 14.2. The Morgan fingerprint density at radius 2 is 2.00 bits per heavy atom. The number of hydrogen-bond acceptors (Lipinski definition) is 5. The van der Waals surface area contributed by atoms with E-state index in [4.69, 9.17) is 9.47 Å². The standard InChI is InChI=1S/C17H26N2O3S/c1-14(23-16-6-4-15(21-3)5-7-16)17(20)18(2)8-9-19-10-12-22-13-11-19/h4-7,14H,8-13H2,1-3H3/t14-/m0/s1. The fourth-order valence-corrected chi connectivity index (χ4v) is 3.43. The molecule has 0 aliphatic carbocycles. The number of carbonyl (C=O) groups excluding carboxylic acids is 1. The van der Waals surface area contributed by atoms with Gasteiger partial charge in [0, 0.05) is 38.1 Å². The third-order valence-corrected chi connectivity index (χ3v) is 5.05. The Labute approximate surface area is 142 Å². The van der Waals surface area contributed by atoms with Gasteiger partial charge in [0.1, 0.15) is 5.75 Å². The molecule has 0 spiro atoms. The van der Waals surface area contributed by atoms with E-state index in [1.54, 1.807) is 18.9 Å². The zero-order chi connectivity index (χ0) is 16.7. The Bertz CT molecular complexity index is 489. The Balaban J connectivity index is 1.77. The summed E-state index contributed by atoms with van der Waals surface area (Å²) in [5, 5.41) is -0.0990. The fourth-order valence-electron chi connectivity index (χ4n) is 2.45. The molecule has 1 aliphatic heterocycles. The molecular formula is C17H26N2O3S. The van der Waals surface area contributed by atoms with Gasteiger partial charge >= 0.3 is 0 Å². The van der Waals surface area contributed by atoms with Gasteiger partial charge in [0.2, 0.25) is 5.91 Å². The van der Waals surface area contributed by atoms with Gasteiger partial charge in [-0.1, -0.05) is 0 Å². The van der Waals surface area contributed by atoms with E-state index in [0.29, 0.717) is 0 Å². The smallest absolute Gasteiger partial charge is 0.235 e. The van der Waals surface area contributed by atoms with Gasteiger partial charge in [-0.25, -0.2) is 0 Å². The number of ether oxygens (including phenoxy) is 2. The lowest BCUT2D eigenvalue weighted by Crippen LogP contribution is -2.43. The second-order valence-electron chi connectivity index (χ2n) is 5.65. The van der Waals surface area contributed by atoms with Gasteiger partial charge in [0.25, 0.3) is 0 Å². The van der Waals surface area contributed by atoms with Gasteiger partial charge in [-0.15, -0.1) is 11.8 Å². The van der Waals surface area contributed by atoms with Crippen molar-refractivity contribution in [1.82, 2.24) is 9.80 Å². The van der Waals surface area contributed by atoms with E-state index in [1.807, 2.05) is 43.1 Å². The molecule has 1 amide bonds. The summed E-state index contributed by atoms with van der Waals surface area (Å²) in [6.45, 7) is 7.12. The maximum Gasteiger partial charge on any atom is 0.235 e. The molecule has 1 saturated heterocycles. The first kappa shape index (κ1) is 18.1. The Morgan fingerprint density at radius 1 is 1.35 bits per heavy atom. The minimum atomic E-state index is -0.0990. The number of nitrogens with zero attached hydrogens (tertiary/aromatic N) is 2. The second kappa shape index (κ2) is 9.15. The number of carbonyl (C=O) groups is 1. The minimum Gasteiger partial charge on any atom is -0.497 e. The number of rotatable bonds is 7. The fraction of sp³-hybridized carbons (Fsp3) is 0.588. The molecule has 0 N–H and O–H groups in total. The highest BCUT2D eigenvalue weighted by Crippen LogP contribution is 2.26. The van der Waals surface area contributed by atoms with E-state index in [1.165, 1.54) is 0 Å². The van der Waals surface area contributed by atoms with Crippen molar-refractivity contribution in [2.24, 2.45) is 0 Å². The van der Waals surface area contributed by atoms with Crippen molar-refractivity contribution in [3.05, 3.63) is 24.3 Å². The van der Waals surface area contributed by atoms with Crippen LogP contribution in [0.1, 0.15) is 6.92 Å². The molecule has 6 heteroatoms. The molecular weight excluding hydrogens is 312 g/mol. The first-order chi connectivity index (χ1) is 11.1. The number of morpholine rings is 1. The van der Waals surface area contributed by atoms with Crippen LogP contribution in [0.2, 0.25) is 0 Å². The quantitative estimate of drug-likeness (QED) is 0.711. The van der Waals surface area contributed by atoms with Crippen LogP contribution in [0.25, 0.3) is 0 Å². The van der Waals surface area contributed by atoms with Gasteiger partial charge in [0.15, 0.2) is 0 Å². The lowest BCUT2D eigenvalue weighted by molar-refractivity contribution is -0.129. The van der Waals surface area contributed by atoms with E-state index in [2.05, 4.69) is 4.90 Å². The molecule has 5 nitrogen and oxygen atoms in total. The molecule has 0 radical (unpaired) electrons. The molecule has 0 bridgehead atoms. The Kier molecular flexibility index (Phi) is 7.20. The van der Waals surface area contributed by atoms with E-state index >= 15 is 0 Å². The number of benzene rings is 1. The summed E-state index contributed by atoms with van der Waals surface area (Å²) < 4.78 is 10.5. The number of methoxy groups -OCH3 is 1. The largest absolute Gasteiger partial charge is 0.497 e. The molecule has 2 rings (SSSR count). The number of likely N-dealkylation sites (N-methyl/N-ethyl adjacent to an activating group) is 1. The monoisotopic (exact) mass is 338 g/mol. The summed E-state index contributed by atoms with van der Waals surface area (Å²) in [6.07, 6.45) is 0. The minimum absolute atomic E-state index is 0.0990. The molecule has 1 aromatic carbocycles. The van der Waals surface area contributed by atoms with Crippen LogP contribution < -0.4 is 4.74 Å². The van der Waals surface area contributed by atoms with Crippen molar-refractivity contribution >= 4 is 17.7 Å². The van der Waals surface area contributed by atoms with Crippen LogP contribution in [0, 0.1) is 0 Å². The molecule has 128 valence electrons. The molecule has 23 heavy (non-hydrogen) atoms. The summed E-state index contributed by atoms with van der Waals surface area (Å²) in [5.74, 6) is 0.995. The van der Waals surface area contributed by atoms with Gasteiger partial charge in [-0.2, -0.15) is 0 Å². The predicted octanol–water partition coefficient (Wildman–Crippen LogP) is 1.97. The summed E-state index contributed by atoms with van der Waals surface area (Å²) in [7, 11) is 3.53. The Morgan fingerprint density at radius 3 is 2.61 bits per heavy atom. The third kappa shape index (κ3) is 5.71.